The van der Waals surface area contributed by atoms with E-state index in [1.165, 1.54) is 38.8 Å². The van der Waals surface area contributed by atoms with Crippen LogP contribution in [0.2, 0.25) is 0 Å². The Bertz CT molecular complexity index is 239. The third-order valence-electron chi connectivity index (χ3n) is 5.16. The first-order valence-corrected chi connectivity index (χ1v) is 7.54. The third kappa shape index (κ3) is 3.94. The first-order chi connectivity index (χ1) is 8.38. The molecule has 0 aromatic heterocycles. The van der Waals surface area contributed by atoms with Crippen LogP contribution in [0.25, 0.3) is 0 Å². The number of nitrogens with two attached hydrogens (primary N) is 1. The molecule has 0 aromatic carbocycles. The van der Waals surface area contributed by atoms with Crippen molar-refractivity contribution in [3.8, 4) is 0 Å². The van der Waals surface area contributed by atoms with Crippen molar-refractivity contribution in [2.45, 2.75) is 71.4 Å². The fourth-order valence-electron chi connectivity index (χ4n) is 3.25. The lowest BCUT2D eigenvalue weighted by molar-refractivity contribution is 0.00852. The second-order valence-electron chi connectivity index (χ2n) is 6.50. The number of likely N-dealkylation sites (tertiary alicyclic amines) is 1. The lowest BCUT2D eigenvalue weighted by atomic mass is 9.74. The Balaban J connectivity index is 2.47. The van der Waals surface area contributed by atoms with E-state index < -0.39 is 5.60 Å². The van der Waals surface area contributed by atoms with E-state index in [2.05, 4.69) is 25.7 Å². The molecule has 1 saturated heterocycles. The average molecular weight is 256 g/mol. The number of piperidine rings is 1. The monoisotopic (exact) mass is 256 g/mol. The molecule has 2 atom stereocenters. The van der Waals surface area contributed by atoms with Crippen LogP contribution in [0.15, 0.2) is 0 Å². The second-order valence-corrected chi connectivity index (χ2v) is 6.50. The molecule has 108 valence electrons. The molecule has 3 heteroatoms. The molecular formula is C15H32N2O. The third-order valence-corrected chi connectivity index (χ3v) is 5.16. The Hall–Kier alpha value is -0.120. The van der Waals surface area contributed by atoms with Crippen LogP contribution in [0.3, 0.4) is 0 Å². The number of nitrogens with zero attached hydrogens (tertiary/aromatic N) is 1. The minimum atomic E-state index is -0.719. The number of hydrogen-bond donors (Lipinski definition) is 2. The van der Waals surface area contributed by atoms with Crippen LogP contribution in [-0.2, 0) is 0 Å². The molecule has 2 unspecified atom stereocenters. The fraction of sp³-hybridized carbons (Fsp3) is 1.00. The number of hydrogen-bond acceptors (Lipinski definition) is 3. The highest BCUT2D eigenvalue weighted by Crippen LogP contribution is 2.38. The van der Waals surface area contributed by atoms with Crippen molar-refractivity contribution in [1.29, 1.82) is 0 Å². The largest absolute Gasteiger partial charge is 0.389 e. The zero-order chi connectivity index (χ0) is 13.8. The smallest absolute Gasteiger partial charge is 0.0756 e. The van der Waals surface area contributed by atoms with E-state index >= 15 is 0 Å². The Morgan fingerprint density at radius 1 is 1.28 bits per heavy atom. The van der Waals surface area contributed by atoms with Gasteiger partial charge < -0.3 is 15.7 Å². The van der Waals surface area contributed by atoms with E-state index in [0.29, 0.717) is 18.0 Å². The van der Waals surface area contributed by atoms with Crippen LogP contribution < -0.4 is 5.73 Å². The predicted molar refractivity (Wildman–Crippen MR) is 77.6 cm³/mol. The fourth-order valence-corrected chi connectivity index (χ4v) is 3.25. The van der Waals surface area contributed by atoms with Gasteiger partial charge in [-0.05, 0) is 51.6 Å². The van der Waals surface area contributed by atoms with Gasteiger partial charge in [0.05, 0.1) is 5.60 Å². The molecule has 0 radical (unpaired) electrons. The van der Waals surface area contributed by atoms with Crippen molar-refractivity contribution in [2.75, 3.05) is 19.6 Å². The maximum Gasteiger partial charge on any atom is 0.0756 e. The molecule has 1 aliphatic heterocycles. The minimum absolute atomic E-state index is 0.346. The quantitative estimate of drug-likeness (QED) is 0.767. The van der Waals surface area contributed by atoms with Gasteiger partial charge in [-0.25, -0.2) is 0 Å². The van der Waals surface area contributed by atoms with Gasteiger partial charge in [-0.15, -0.1) is 0 Å². The van der Waals surface area contributed by atoms with E-state index in [0.717, 1.165) is 6.42 Å². The normalized spacial score (nSPS) is 25.7. The SMILES string of the molecule is CCC1(CC)CCN(C(C)CC(C)(O)CN)CC1. The number of rotatable bonds is 6. The summed E-state index contributed by atoms with van der Waals surface area (Å²) in [7, 11) is 0. The van der Waals surface area contributed by atoms with Gasteiger partial charge in [0, 0.05) is 12.6 Å². The Kier molecular flexibility index (Phi) is 5.63. The van der Waals surface area contributed by atoms with Crippen molar-refractivity contribution in [3.05, 3.63) is 0 Å². The van der Waals surface area contributed by atoms with Gasteiger partial charge in [0.15, 0.2) is 0 Å². The Labute approximate surface area is 113 Å². The highest BCUT2D eigenvalue weighted by molar-refractivity contribution is 4.88. The topological polar surface area (TPSA) is 49.5 Å². The van der Waals surface area contributed by atoms with Gasteiger partial charge in [0.1, 0.15) is 0 Å². The van der Waals surface area contributed by atoms with Gasteiger partial charge in [-0.3, -0.25) is 0 Å². The van der Waals surface area contributed by atoms with Gasteiger partial charge in [0.2, 0.25) is 0 Å². The lowest BCUT2D eigenvalue weighted by Gasteiger charge is -2.44. The first kappa shape index (κ1) is 15.9. The van der Waals surface area contributed by atoms with E-state index in [4.69, 9.17) is 5.73 Å². The molecule has 0 bridgehead atoms. The zero-order valence-corrected chi connectivity index (χ0v) is 12.7. The summed E-state index contributed by atoms with van der Waals surface area (Å²) in [5.41, 5.74) is 5.46. The predicted octanol–water partition coefficient (Wildman–Crippen LogP) is 2.38. The van der Waals surface area contributed by atoms with E-state index in [1.807, 2.05) is 6.92 Å². The van der Waals surface area contributed by atoms with Crippen molar-refractivity contribution < 1.29 is 5.11 Å². The van der Waals surface area contributed by atoms with Crippen LogP contribution >= 0.6 is 0 Å². The highest BCUT2D eigenvalue weighted by Gasteiger charge is 2.34. The second kappa shape index (κ2) is 6.36. The molecular weight excluding hydrogens is 224 g/mol. The summed E-state index contributed by atoms with van der Waals surface area (Å²) in [5, 5.41) is 10.1. The average Bonchev–Trinajstić information content (AvgIpc) is 2.38. The van der Waals surface area contributed by atoms with Gasteiger partial charge >= 0.3 is 0 Å². The zero-order valence-electron chi connectivity index (χ0n) is 12.7. The van der Waals surface area contributed by atoms with E-state index in [9.17, 15) is 5.11 Å². The van der Waals surface area contributed by atoms with Crippen LogP contribution in [0.1, 0.15) is 59.8 Å². The van der Waals surface area contributed by atoms with Crippen LogP contribution in [0, 0.1) is 5.41 Å². The Morgan fingerprint density at radius 2 is 1.78 bits per heavy atom. The maximum atomic E-state index is 10.1. The van der Waals surface area contributed by atoms with Gasteiger partial charge in [-0.1, -0.05) is 26.7 Å². The van der Waals surface area contributed by atoms with Crippen LogP contribution in [0.5, 0.6) is 0 Å². The van der Waals surface area contributed by atoms with Crippen molar-refractivity contribution in [3.63, 3.8) is 0 Å². The van der Waals surface area contributed by atoms with E-state index in [1.54, 1.807) is 0 Å². The molecule has 1 fully saturated rings. The molecule has 1 aliphatic rings. The number of aliphatic hydroxyl groups is 1. The summed E-state index contributed by atoms with van der Waals surface area (Å²) in [4.78, 5) is 2.52. The lowest BCUT2D eigenvalue weighted by Crippen LogP contribution is -2.48. The van der Waals surface area contributed by atoms with E-state index in [-0.39, 0.29) is 0 Å². The summed E-state index contributed by atoms with van der Waals surface area (Å²) >= 11 is 0. The molecule has 1 rings (SSSR count). The molecule has 0 aliphatic carbocycles. The van der Waals surface area contributed by atoms with Crippen molar-refractivity contribution >= 4 is 0 Å². The summed E-state index contributed by atoms with van der Waals surface area (Å²) in [6.45, 7) is 11.4. The summed E-state index contributed by atoms with van der Waals surface area (Å²) in [6, 6.07) is 0.426. The summed E-state index contributed by atoms with van der Waals surface area (Å²) in [5.74, 6) is 0. The maximum absolute atomic E-state index is 10.1. The van der Waals surface area contributed by atoms with Gasteiger partial charge in [0.25, 0.3) is 0 Å². The minimum Gasteiger partial charge on any atom is -0.389 e. The summed E-state index contributed by atoms with van der Waals surface area (Å²) in [6.07, 6.45) is 5.97. The molecule has 0 saturated carbocycles. The molecule has 3 nitrogen and oxygen atoms in total. The first-order valence-electron chi connectivity index (χ1n) is 7.54. The van der Waals surface area contributed by atoms with Crippen LogP contribution in [-0.4, -0.2) is 41.3 Å². The molecule has 0 amide bonds. The molecule has 0 spiro atoms. The molecule has 1 heterocycles. The van der Waals surface area contributed by atoms with Crippen molar-refractivity contribution in [1.82, 2.24) is 4.90 Å². The standard InChI is InChI=1S/C15H32N2O/c1-5-15(6-2)7-9-17(10-8-15)13(3)11-14(4,18)12-16/h13,18H,5-12,16H2,1-4H3. The molecule has 0 aromatic rings. The van der Waals surface area contributed by atoms with Crippen molar-refractivity contribution in [2.24, 2.45) is 11.1 Å². The van der Waals surface area contributed by atoms with Gasteiger partial charge in [-0.2, -0.15) is 0 Å². The Morgan fingerprint density at radius 3 is 2.17 bits per heavy atom. The van der Waals surface area contributed by atoms with Crippen LogP contribution in [0.4, 0.5) is 0 Å². The summed E-state index contributed by atoms with van der Waals surface area (Å²) < 4.78 is 0. The molecule has 3 N–H and O–H groups in total. The highest BCUT2D eigenvalue weighted by atomic mass is 16.3. The molecule has 18 heavy (non-hydrogen) atoms.